The minimum atomic E-state index is -1.23. The smallest absolute Gasteiger partial charge is 0.344 e. The van der Waals surface area contributed by atoms with E-state index in [0.717, 1.165) is 25.7 Å². The van der Waals surface area contributed by atoms with Crippen molar-refractivity contribution in [1.29, 1.82) is 0 Å². The second-order valence-electron chi connectivity index (χ2n) is 7.25. The van der Waals surface area contributed by atoms with E-state index in [2.05, 4.69) is 10.7 Å². The quantitative estimate of drug-likeness (QED) is 0.550. The molecule has 1 aromatic carbocycles. The minimum absolute atomic E-state index is 0.295. The van der Waals surface area contributed by atoms with Gasteiger partial charge in [0.05, 0.1) is 0 Å². The average molecular weight is 387 g/mol. The largest absolute Gasteiger partial charge is 0.455 e. The van der Waals surface area contributed by atoms with Gasteiger partial charge in [0.15, 0.2) is 6.61 Å². The molecule has 8 heteroatoms. The third-order valence-corrected chi connectivity index (χ3v) is 5.42. The zero-order valence-electron chi connectivity index (χ0n) is 15.9. The van der Waals surface area contributed by atoms with Crippen LogP contribution in [-0.2, 0) is 24.7 Å². The molecule has 1 atom stereocenters. The van der Waals surface area contributed by atoms with Crippen LogP contribution in [0.3, 0.4) is 0 Å². The molecule has 1 aromatic rings. The Labute approximate surface area is 163 Å². The number of hydrogen-bond donors (Lipinski definition) is 2. The number of carbonyl (C=O) groups excluding carboxylic acids is 4. The molecule has 1 heterocycles. The summed E-state index contributed by atoms with van der Waals surface area (Å²) in [6.45, 7) is 1.24. The van der Waals surface area contributed by atoms with Gasteiger partial charge in [0, 0.05) is 6.42 Å². The summed E-state index contributed by atoms with van der Waals surface area (Å²) in [6.07, 6.45) is 4.86. The van der Waals surface area contributed by atoms with Crippen LogP contribution in [0.5, 0.6) is 0 Å². The van der Waals surface area contributed by atoms with E-state index in [4.69, 9.17) is 4.74 Å². The molecular formula is C20H25N3O5. The second-order valence-corrected chi connectivity index (χ2v) is 7.25. The molecule has 1 aliphatic heterocycles. The molecule has 1 saturated heterocycles. The lowest BCUT2D eigenvalue weighted by Gasteiger charge is -2.25. The van der Waals surface area contributed by atoms with Crippen molar-refractivity contribution >= 4 is 23.8 Å². The van der Waals surface area contributed by atoms with Crippen LogP contribution in [0.4, 0.5) is 4.79 Å². The molecule has 2 fully saturated rings. The van der Waals surface area contributed by atoms with E-state index in [1.807, 2.05) is 6.07 Å². The number of rotatable bonds is 7. The van der Waals surface area contributed by atoms with Crippen LogP contribution in [0, 0.1) is 5.92 Å². The monoisotopic (exact) mass is 387 g/mol. The number of ether oxygens (including phenoxy) is 1. The fourth-order valence-corrected chi connectivity index (χ4v) is 3.85. The van der Waals surface area contributed by atoms with Gasteiger partial charge in [0.2, 0.25) is 0 Å². The molecule has 150 valence electrons. The van der Waals surface area contributed by atoms with E-state index in [1.54, 1.807) is 31.2 Å². The maximum atomic E-state index is 12.9. The van der Waals surface area contributed by atoms with Crippen LogP contribution in [0.15, 0.2) is 30.3 Å². The van der Waals surface area contributed by atoms with Gasteiger partial charge in [-0.2, -0.15) is 5.01 Å². The van der Waals surface area contributed by atoms with E-state index in [9.17, 15) is 19.2 Å². The summed E-state index contributed by atoms with van der Waals surface area (Å²) in [5, 5.41) is 3.32. The lowest BCUT2D eigenvalue weighted by Crippen LogP contribution is -2.49. The minimum Gasteiger partial charge on any atom is -0.455 e. The number of nitrogens with one attached hydrogen (secondary N) is 2. The Hall–Kier alpha value is -2.90. The number of amides is 4. The Kier molecular flexibility index (Phi) is 5.96. The number of nitrogens with zero attached hydrogens (tertiary/aromatic N) is 1. The first-order chi connectivity index (χ1) is 13.5. The molecule has 0 spiro atoms. The van der Waals surface area contributed by atoms with Crippen LogP contribution < -0.4 is 10.7 Å². The van der Waals surface area contributed by atoms with Gasteiger partial charge in [-0.3, -0.25) is 19.8 Å². The van der Waals surface area contributed by atoms with Crippen molar-refractivity contribution in [2.24, 2.45) is 5.92 Å². The number of esters is 1. The molecule has 0 radical (unpaired) electrons. The Morgan fingerprint density at radius 1 is 1.21 bits per heavy atom. The molecule has 3 rings (SSSR count). The fraction of sp³-hybridized carbons (Fsp3) is 0.500. The van der Waals surface area contributed by atoms with Crippen LogP contribution >= 0.6 is 0 Å². The van der Waals surface area contributed by atoms with Crippen LogP contribution in [0.1, 0.15) is 51.0 Å². The second kappa shape index (κ2) is 8.41. The third-order valence-electron chi connectivity index (χ3n) is 5.42. The van der Waals surface area contributed by atoms with Crippen molar-refractivity contribution in [3.8, 4) is 0 Å². The molecule has 0 bridgehead atoms. The summed E-state index contributed by atoms with van der Waals surface area (Å²) in [5.41, 5.74) is 1.65. The molecule has 4 amide bonds. The van der Waals surface area contributed by atoms with Gasteiger partial charge in [-0.15, -0.1) is 0 Å². The van der Waals surface area contributed by atoms with Crippen molar-refractivity contribution in [3.63, 3.8) is 0 Å². The number of benzene rings is 1. The predicted molar refractivity (Wildman–Crippen MR) is 99.5 cm³/mol. The van der Waals surface area contributed by atoms with Gasteiger partial charge in [-0.1, -0.05) is 50.1 Å². The highest BCUT2D eigenvalue weighted by molar-refractivity contribution is 6.08. The Morgan fingerprint density at radius 3 is 2.54 bits per heavy atom. The fourth-order valence-electron chi connectivity index (χ4n) is 3.85. The first-order valence-corrected chi connectivity index (χ1v) is 9.63. The van der Waals surface area contributed by atoms with Crippen molar-refractivity contribution in [2.45, 2.75) is 51.0 Å². The summed E-state index contributed by atoms with van der Waals surface area (Å²) in [6, 6.07) is 8.14. The highest BCUT2D eigenvalue weighted by Gasteiger charge is 2.52. The number of hydrogen-bond acceptors (Lipinski definition) is 5. The summed E-state index contributed by atoms with van der Waals surface area (Å²) < 4.78 is 4.99. The zero-order chi connectivity index (χ0) is 20.1. The molecular weight excluding hydrogens is 362 g/mol. The highest BCUT2D eigenvalue weighted by atomic mass is 16.5. The van der Waals surface area contributed by atoms with Crippen molar-refractivity contribution in [2.75, 3.05) is 6.61 Å². The van der Waals surface area contributed by atoms with E-state index in [1.165, 1.54) is 0 Å². The summed E-state index contributed by atoms with van der Waals surface area (Å²) in [5.74, 6) is -1.43. The molecule has 28 heavy (non-hydrogen) atoms. The Bertz CT molecular complexity index is 760. The molecule has 1 aliphatic carbocycles. The molecule has 0 unspecified atom stereocenters. The topological polar surface area (TPSA) is 105 Å². The van der Waals surface area contributed by atoms with Gasteiger partial charge in [-0.05, 0) is 30.7 Å². The molecule has 8 nitrogen and oxygen atoms in total. The number of urea groups is 1. The van der Waals surface area contributed by atoms with Crippen molar-refractivity contribution in [1.82, 2.24) is 15.8 Å². The van der Waals surface area contributed by atoms with Gasteiger partial charge >= 0.3 is 12.0 Å². The maximum Gasteiger partial charge on any atom is 0.344 e. The predicted octanol–water partition coefficient (Wildman–Crippen LogP) is 2.00. The van der Waals surface area contributed by atoms with Crippen LogP contribution in [-0.4, -0.2) is 35.4 Å². The number of imide groups is 1. The van der Waals surface area contributed by atoms with Gasteiger partial charge in [0.25, 0.3) is 11.8 Å². The molecule has 0 aromatic heterocycles. The Balaban J connectivity index is 1.57. The lowest BCUT2D eigenvalue weighted by atomic mass is 9.87. The van der Waals surface area contributed by atoms with Crippen molar-refractivity contribution in [3.05, 3.63) is 35.9 Å². The first-order valence-electron chi connectivity index (χ1n) is 9.63. The van der Waals surface area contributed by atoms with E-state index in [0.29, 0.717) is 29.3 Å². The first kappa shape index (κ1) is 19.9. The average Bonchev–Trinajstić information content (AvgIpc) is 3.29. The van der Waals surface area contributed by atoms with E-state index in [-0.39, 0.29) is 0 Å². The standard InChI is InChI=1S/C20H25N3O5/c1-2-20(15-10-4-3-5-11-15)18(26)23(19(27)21-20)22-16(24)13-28-17(25)12-14-8-6-7-9-14/h3-5,10-11,14H,2,6-9,12-13H2,1H3,(H,21,27)(H,22,24)/t20-/m0/s1. The molecule has 2 N–H and O–H groups in total. The normalized spacial score (nSPS) is 22.2. The SMILES string of the molecule is CC[C@@]1(c2ccccc2)NC(=O)N(NC(=O)COC(=O)CC2CCCC2)C1=O. The van der Waals surface area contributed by atoms with Crippen LogP contribution in [0.25, 0.3) is 0 Å². The zero-order valence-corrected chi connectivity index (χ0v) is 15.9. The van der Waals surface area contributed by atoms with E-state index < -0.39 is 36.0 Å². The highest BCUT2D eigenvalue weighted by Crippen LogP contribution is 2.31. The third kappa shape index (κ3) is 4.00. The molecule has 2 aliphatic rings. The van der Waals surface area contributed by atoms with E-state index >= 15 is 0 Å². The lowest BCUT2D eigenvalue weighted by molar-refractivity contribution is -0.151. The van der Waals surface area contributed by atoms with Gasteiger partial charge in [-0.25, -0.2) is 4.79 Å². The summed E-state index contributed by atoms with van der Waals surface area (Å²) >= 11 is 0. The summed E-state index contributed by atoms with van der Waals surface area (Å²) in [4.78, 5) is 49.1. The summed E-state index contributed by atoms with van der Waals surface area (Å²) in [7, 11) is 0. The van der Waals surface area contributed by atoms with Gasteiger partial charge in [0.1, 0.15) is 5.54 Å². The molecule has 1 saturated carbocycles. The Morgan fingerprint density at radius 2 is 1.89 bits per heavy atom. The van der Waals surface area contributed by atoms with Crippen LogP contribution in [0.2, 0.25) is 0 Å². The maximum absolute atomic E-state index is 12.9. The van der Waals surface area contributed by atoms with Gasteiger partial charge < -0.3 is 10.1 Å². The van der Waals surface area contributed by atoms with Crippen molar-refractivity contribution < 1.29 is 23.9 Å². The number of carbonyl (C=O) groups is 4. The number of hydrazine groups is 1.